The molecule has 180 valence electrons. The largest absolute Gasteiger partial charge is 0.496 e. The molecule has 0 bridgehead atoms. The molecule has 5 rings (SSSR count). The van der Waals surface area contributed by atoms with E-state index >= 15 is 0 Å². The molecule has 2 N–H and O–H groups in total. The molecule has 2 aliphatic rings. The highest BCUT2D eigenvalue weighted by Gasteiger charge is 2.78. The zero-order valence-corrected chi connectivity index (χ0v) is 20.4. The number of benzene rings is 3. The van der Waals surface area contributed by atoms with Crippen molar-refractivity contribution in [3.63, 3.8) is 0 Å². The van der Waals surface area contributed by atoms with E-state index in [1.54, 1.807) is 66.7 Å². The Morgan fingerprint density at radius 3 is 2.34 bits per heavy atom. The predicted molar refractivity (Wildman–Crippen MR) is 129 cm³/mol. The molecule has 1 aliphatic carbocycles. The van der Waals surface area contributed by atoms with Gasteiger partial charge in [0.05, 0.1) is 25.7 Å². The normalized spacial score (nSPS) is 28.5. The van der Waals surface area contributed by atoms with E-state index in [-0.39, 0.29) is 17.1 Å². The SMILES string of the molecule is COc1cc(OC)c2c(c1)OC1(c3ccc(Br)cc3)C(c3ccccc3)C(C(=O)N=O)C(O)C21O. The minimum Gasteiger partial charge on any atom is -0.496 e. The summed E-state index contributed by atoms with van der Waals surface area (Å²) in [4.78, 5) is 24.4. The fourth-order valence-electron chi connectivity index (χ4n) is 5.70. The molecule has 0 aromatic heterocycles. The fraction of sp³-hybridized carbons (Fsp3) is 0.269. The van der Waals surface area contributed by atoms with Gasteiger partial charge in [-0.25, -0.2) is 0 Å². The Labute approximate surface area is 209 Å². The van der Waals surface area contributed by atoms with Gasteiger partial charge in [-0.2, -0.15) is 0 Å². The molecule has 5 atom stereocenters. The standard InChI is InChI=1S/C26H22BrNO7/c1-33-17-12-18(34-2)22-19(13-17)35-26(15-8-10-16(27)11-9-15)21(14-6-4-3-5-7-14)20(24(30)28-32)23(29)25(22,26)31/h3-13,20-21,23,29,31H,1-2H3. The highest BCUT2D eigenvalue weighted by Crippen LogP contribution is 2.70. The van der Waals surface area contributed by atoms with E-state index in [0.29, 0.717) is 16.9 Å². The first-order chi connectivity index (χ1) is 16.8. The number of nitrogens with zero attached hydrogens (tertiary/aromatic N) is 1. The van der Waals surface area contributed by atoms with E-state index in [1.807, 2.05) is 0 Å². The summed E-state index contributed by atoms with van der Waals surface area (Å²) in [6.07, 6.45) is -1.75. The highest BCUT2D eigenvalue weighted by atomic mass is 79.9. The maximum atomic E-state index is 12.9. The van der Waals surface area contributed by atoms with E-state index in [0.717, 1.165) is 4.47 Å². The van der Waals surface area contributed by atoms with Gasteiger partial charge >= 0.3 is 0 Å². The van der Waals surface area contributed by atoms with Gasteiger partial charge in [0.2, 0.25) is 0 Å². The van der Waals surface area contributed by atoms with Crippen LogP contribution < -0.4 is 14.2 Å². The smallest absolute Gasteiger partial charge is 0.292 e. The molecule has 8 nitrogen and oxygen atoms in total. The third kappa shape index (κ3) is 3.08. The highest BCUT2D eigenvalue weighted by molar-refractivity contribution is 9.10. The number of methoxy groups -OCH3 is 2. The van der Waals surface area contributed by atoms with Gasteiger partial charge in [0.25, 0.3) is 5.91 Å². The van der Waals surface area contributed by atoms with Gasteiger partial charge in [-0.15, -0.1) is 4.91 Å². The summed E-state index contributed by atoms with van der Waals surface area (Å²) in [5.41, 5.74) is -2.64. The van der Waals surface area contributed by atoms with Crippen molar-refractivity contribution < 1.29 is 29.2 Å². The molecule has 1 saturated carbocycles. The van der Waals surface area contributed by atoms with Crippen LogP contribution >= 0.6 is 15.9 Å². The number of rotatable bonds is 5. The molecule has 35 heavy (non-hydrogen) atoms. The van der Waals surface area contributed by atoms with Crippen molar-refractivity contribution in [3.05, 3.63) is 92.8 Å². The van der Waals surface area contributed by atoms with Crippen LogP contribution in [0.2, 0.25) is 0 Å². The minimum atomic E-state index is -2.18. The summed E-state index contributed by atoms with van der Waals surface area (Å²) < 4.78 is 18.4. The monoisotopic (exact) mass is 539 g/mol. The number of ether oxygens (including phenoxy) is 3. The molecule has 1 heterocycles. The quantitative estimate of drug-likeness (QED) is 0.470. The Kier molecular flexibility index (Phi) is 5.66. The van der Waals surface area contributed by atoms with Gasteiger partial charge in [0.1, 0.15) is 23.4 Å². The second-order valence-corrected chi connectivity index (χ2v) is 9.52. The summed E-state index contributed by atoms with van der Waals surface area (Å²) in [6, 6.07) is 19.1. The van der Waals surface area contributed by atoms with Crippen molar-refractivity contribution >= 4 is 21.8 Å². The lowest BCUT2D eigenvalue weighted by molar-refractivity contribution is -0.154. The Bertz CT molecular complexity index is 1300. The van der Waals surface area contributed by atoms with E-state index in [4.69, 9.17) is 14.2 Å². The molecule has 0 spiro atoms. The third-order valence-electron chi connectivity index (χ3n) is 7.09. The van der Waals surface area contributed by atoms with Gasteiger partial charge < -0.3 is 24.4 Å². The van der Waals surface area contributed by atoms with Gasteiger partial charge in [-0.3, -0.25) is 4.79 Å². The summed E-state index contributed by atoms with van der Waals surface area (Å²) in [7, 11) is 2.91. The molecule has 5 unspecified atom stereocenters. The topological polar surface area (TPSA) is 115 Å². The lowest BCUT2D eigenvalue weighted by atomic mass is 9.70. The van der Waals surface area contributed by atoms with Crippen LogP contribution in [0.5, 0.6) is 17.2 Å². The number of halogens is 1. The number of aliphatic hydroxyl groups is 2. The summed E-state index contributed by atoms with van der Waals surface area (Å²) >= 11 is 3.43. The first-order valence-electron chi connectivity index (χ1n) is 10.9. The van der Waals surface area contributed by atoms with Crippen molar-refractivity contribution in [2.24, 2.45) is 11.1 Å². The fourth-order valence-corrected chi connectivity index (χ4v) is 5.96. The van der Waals surface area contributed by atoms with Crippen LogP contribution in [-0.4, -0.2) is 36.4 Å². The van der Waals surface area contributed by atoms with Crippen molar-refractivity contribution in [2.45, 2.75) is 23.2 Å². The molecule has 1 amide bonds. The van der Waals surface area contributed by atoms with Crippen molar-refractivity contribution in [3.8, 4) is 17.2 Å². The van der Waals surface area contributed by atoms with Crippen molar-refractivity contribution in [1.29, 1.82) is 0 Å². The third-order valence-corrected chi connectivity index (χ3v) is 7.61. The Morgan fingerprint density at radius 1 is 1.06 bits per heavy atom. The Hall–Kier alpha value is -3.27. The Morgan fingerprint density at radius 2 is 1.74 bits per heavy atom. The zero-order valence-electron chi connectivity index (χ0n) is 18.8. The van der Waals surface area contributed by atoms with Crippen LogP contribution in [0.3, 0.4) is 0 Å². The first-order valence-corrected chi connectivity index (χ1v) is 11.7. The van der Waals surface area contributed by atoms with E-state index in [2.05, 4.69) is 21.1 Å². The van der Waals surface area contributed by atoms with Crippen molar-refractivity contribution in [2.75, 3.05) is 14.2 Å². The number of aliphatic hydroxyl groups excluding tert-OH is 1. The number of fused-ring (bicyclic) bond motifs is 3. The van der Waals surface area contributed by atoms with Crippen LogP contribution in [0.15, 0.2) is 76.4 Å². The number of amides is 1. The van der Waals surface area contributed by atoms with E-state index in [9.17, 15) is 19.9 Å². The van der Waals surface area contributed by atoms with Crippen molar-refractivity contribution in [1.82, 2.24) is 0 Å². The molecule has 0 radical (unpaired) electrons. The second-order valence-electron chi connectivity index (χ2n) is 8.60. The van der Waals surface area contributed by atoms with Gasteiger partial charge in [-0.05, 0) is 23.3 Å². The molecule has 0 saturated heterocycles. The molecular weight excluding hydrogens is 518 g/mol. The number of carbonyl (C=O) groups excluding carboxylic acids is 1. The number of hydrogen-bond donors (Lipinski definition) is 2. The number of hydrogen-bond acceptors (Lipinski definition) is 7. The summed E-state index contributed by atoms with van der Waals surface area (Å²) in [6.45, 7) is 0. The lowest BCUT2D eigenvalue weighted by Crippen LogP contribution is -2.52. The average molecular weight is 540 g/mol. The molecule has 9 heteroatoms. The van der Waals surface area contributed by atoms with Crippen LogP contribution in [-0.2, 0) is 16.0 Å². The van der Waals surface area contributed by atoms with Gasteiger partial charge in [0, 0.05) is 27.7 Å². The predicted octanol–water partition coefficient (Wildman–Crippen LogP) is 4.01. The van der Waals surface area contributed by atoms with Gasteiger partial charge in [0.15, 0.2) is 11.2 Å². The number of carbonyl (C=O) groups is 1. The van der Waals surface area contributed by atoms with Crippen LogP contribution in [0.25, 0.3) is 0 Å². The molecule has 1 aliphatic heterocycles. The van der Waals surface area contributed by atoms with E-state index in [1.165, 1.54) is 14.2 Å². The van der Waals surface area contributed by atoms with Crippen LogP contribution in [0.4, 0.5) is 0 Å². The lowest BCUT2D eigenvalue weighted by Gasteiger charge is -2.40. The maximum absolute atomic E-state index is 12.9. The number of nitroso groups, excluding NO2 is 1. The molecule has 3 aromatic carbocycles. The van der Waals surface area contributed by atoms with Gasteiger partial charge in [-0.1, -0.05) is 58.4 Å². The molecular formula is C26H22BrNO7. The first kappa shape index (κ1) is 23.5. The Balaban J connectivity index is 1.90. The second kappa shape index (κ2) is 8.44. The van der Waals surface area contributed by atoms with Crippen LogP contribution in [0.1, 0.15) is 22.6 Å². The zero-order chi connectivity index (χ0) is 25.0. The van der Waals surface area contributed by atoms with Crippen LogP contribution in [0, 0.1) is 10.8 Å². The molecule has 3 aromatic rings. The minimum absolute atomic E-state index is 0.165. The average Bonchev–Trinajstić information content (AvgIpc) is 3.26. The summed E-state index contributed by atoms with van der Waals surface area (Å²) in [5, 5.41) is 26.9. The summed E-state index contributed by atoms with van der Waals surface area (Å²) in [5.74, 6) is -2.58. The maximum Gasteiger partial charge on any atom is 0.292 e. The molecule has 1 fully saturated rings. The van der Waals surface area contributed by atoms with E-state index < -0.39 is 35.0 Å².